The number of carbonyl (C=O) groups is 1. The standard InChI is InChI=1S/C14H27N3O/c1-14(5-6-16-10-14)11-17-7-3-12(4-8-17)9-13(18)15-2/h12,16H,3-11H2,1-2H3,(H,15,18). The topological polar surface area (TPSA) is 44.4 Å². The van der Waals surface area contributed by atoms with E-state index < -0.39 is 0 Å². The third-order valence-corrected chi connectivity index (χ3v) is 4.52. The molecule has 0 aliphatic carbocycles. The minimum atomic E-state index is 0.195. The van der Waals surface area contributed by atoms with Crippen molar-refractivity contribution in [2.24, 2.45) is 11.3 Å². The summed E-state index contributed by atoms with van der Waals surface area (Å²) in [6.07, 6.45) is 4.36. The van der Waals surface area contributed by atoms with E-state index in [4.69, 9.17) is 0 Å². The highest BCUT2D eigenvalue weighted by atomic mass is 16.1. The zero-order chi connectivity index (χ0) is 13.0. The lowest BCUT2D eigenvalue weighted by Crippen LogP contribution is -2.42. The van der Waals surface area contributed by atoms with Gasteiger partial charge in [-0.2, -0.15) is 0 Å². The fourth-order valence-electron chi connectivity index (χ4n) is 3.26. The van der Waals surface area contributed by atoms with Crippen molar-refractivity contribution in [3.05, 3.63) is 0 Å². The average molecular weight is 253 g/mol. The summed E-state index contributed by atoms with van der Waals surface area (Å²) in [5.74, 6) is 0.788. The van der Waals surface area contributed by atoms with Crippen LogP contribution in [0.3, 0.4) is 0 Å². The van der Waals surface area contributed by atoms with Gasteiger partial charge in [0, 0.05) is 26.6 Å². The molecule has 0 saturated carbocycles. The molecule has 0 aromatic heterocycles. The van der Waals surface area contributed by atoms with Gasteiger partial charge in [0.2, 0.25) is 5.91 Å². The minimum Gasteiger partial charge on any atom is -0.359 e. The van der Waals surface area contributed by atoms with E-state index in [1.54, 1.807) is 7.05 Å². The number of hydrogen-bond donors (Lipinski definition) is 2. The number of rotatable bonds is 4. The van der Waals surface area contributed by atoms with Crippen molar-refractivity contribution >= 4 is 5.91 Å². The van der Waals surface area contributed by atoms with Crippen molar-refractivity contribution < 1.29 is 4.79 Å². The molecular formula is C14H27N3O. The van der Waals surface area contributed by atoms with Gasteiger partial charge in [-0.1, -0.05) is 6.92 Å². The lowest BCUT2D eigenvalue weighted by molar-refractivity contribution is -0.121. The second-order valence-corrected chi connectivity index (χ2v) is 6.33. The van der Waals surface area contributed by atoms with Crippen molar-refractivity contribution in [2.45, 2.75) is 32.6 Å². The van der Waals surface area contributed by atoms with E-state index in [-0.39, 0.29) is 5.91 Å². The number of hydrogen-bond acceptors (Lipinski definition) is 3. The van der Waals surface area contributed by atoms with Crippen LogP contribution in [0.1, 0.15) is 32.6 Å². The first-order valence-electron chi connectivity index (χ1n) is 7.25. The molecule has 0 aromatic rings. The van der Waals surface area contributed by atoms with E-state index in [2.05, 4.69) is 22.5 Å². The lowest BCUT2D eigenvalue weighted by atomic mass is 9.87. The summed E-state index contributed by atoms with van der Waals surface area (Å²) in [4.78, 5) is 13.9. The van der Waals surface area contributed by atoms with Crippen molar-refractivity contribution in [1.29, 1.82) is 0 Å². The Hall–Kier alpha value is -0.610. The first-order valence-corrected chi connectivity index (χ1v) is 7.25. The molecule has 0 radical (unpaired) electrons. The molecule has 104 valence electrons. The van der Waals surface area contributed by atoms with Gasteiger partial charge in [0.15, 0.2) is 0 Å². The van der Waals surface area contributed by atoms with Gasteiger partial charge in [0.1, 0.15) is 0 Å². The fourth-order valence-corrected chi connectivity index (χ4v) is 3.26. The van der Waals surface area contributed by atoms with Crippen molar-refractivity contribution in [2.75, 3.05) is 39.8 Å². The molecule has 4 heteroatoms. The number of nitrogens with one attached hydrogen (secondary N) is 2. The molecule has 2 rings (SSSR count). The van der Waals surface area contributed by atoms with Gasteiger partial charge in [0.05, 0.1) is 0 Å². The summed E-state index contributed by atoms with van der Waals surface area (Å²) in [5, 5.41) is 6.19. The molecule has 2 fully saturated rings. The molecule has 1 amide bonds. The van der Waals surface area contributed by atoms with Crippen LogP contribution >= 0.6 is 0 Å². The molecule has 0 aromatic carbocycles. The molecule has 1 atom stereocenters. The molecule has 2 N–H and O–H groups in total. The predicted octanol–water partition coefficient (Wildman–Crippen LogP) is 0.834. The zero-order valence-electron chi connectivity index (χ0n) is 11.8. The monoisotopic (exact) mass is 253 g/mol. The molecular weight excluding hydrogens is 226 g/mol. The van der Waals surface area contributed by atoms with Gasteiger partial charge < -0.3 is 15.5 Å². The molecule has 18 heavy (non-hydrogen) atoms. The summed E-state index contributed by atoms with van der Waals surface area (Å²) in [5.41, 5.74) is 0.466. The molecule has 4 nitrogen and oxygen atoms in total. The Morgan fingerprint density at radius 3 is 2.72 bits per heavy atom. The van der Waals surface area contributed by atoms with E-state index in [1.807, 2.05) is 0 Å². The number of piperidine rings is 1. The summed E-state index contributed by atoms with van der Waals surface area (Å²) in [6, 6.07) is 0. The second kappa shape index (κ2) is 6.02. The Balaban J connectivity index is 1.71. The van der Waals surface area contributed by atoms with Crippen LogP contribution in [0.5, 0.6) is 0 Å². The van der Waals surface area contributed by atoms with E-state index in [0.717, 1.165) is 19.6 Å². The normalized spacial score (nSPS) is 30.6. The molecule has 0 bridgehead atoms. The van der Waals surface area contributed by atoms with E-state index >= 15 is 0 Å². The van der Waals surface area contributed by atoms with Crippen LogP contribution in [0, 0.1) is 11.3 Å². The average Bonchev–Trinajstić information content (AvgIpc) is 2.78. The SMILES string of the molecule is CNC(=O)CC1CCN(CC2(C)CCNC2)CC1. The van der Waals surface area contributed by atoms with Crippen LogP contribution in [0.25, 0.3) is 0 Å². The molecule has 1 unspecified atom stereocenters. The highest BCUT2D eigenvalue weighted by Crippen LogP contribution is 2.28. The van der Waals surface area contributed by atoms with Gasteiger partial charge in [-0.15, -0.1) is 0 Å². The van der Waals surface area contributed by atoms with Crippen molar-refractivity contribution in [1.82, 2.24) is 15.5 Å². The number of nitrogens with zero attached hydrogens (tertiary/aromatic N) is 1. The zero-order valence-corrected chi connectivity index (χ0v) is 11.8. The minimum absolute atomic E-state index is 0.195. The Labute approximate surface area is 110 Å². The van der Waals surface area contributed by atoms with Crippen molar-refractivity contribution in [3.8, 4) is 0 Å². The van der Waals surface area contributed by atoms with Crippen LogP contribution in [0.2, 0.25) is 0 Å². The summed E-state index contributed by atoms with van der Waals surface area (Å²) >= 11 is 0. The number of carbonyl (C=O) groups excluding carboxylic acids is 1. The van der Waals surface area contributed by atoms with Gasteiger partial charge in [-0.25, -0.2) is 0 Å². The maximum Gasteiger partial charge on any atom is 0.220 e. The number of likely N-dealkylation sites (tertiary alicyclic amines) is 1. The first-order chi connectivity index (χ1) is 8.61. The van der Waals surface area contributed by atoms with E-state index in [9.17, 15) is 4.79 Å². The van der Waals surface area contributed by atoms with Crippen LogP contribution in [-0.2, 0) is 4.79 Å². The fraction of sp³-hybridized carbons (Fsp3) is 0.929. The second-order valence-electron chi connectivity index (χ2n) is 6.33. The summed E-state index contributed by atoms with van der Waals surface area (Å²) < 4.78 is 0. The van der Waals surface area contributed by atoms with Crippen LogP contribution in [0.15, 0.2) is 0 Å². The molecule has 2 aliphatic heterocycles. The predicted molar refractivity (Wildman–Crippen MR) is 73.4 cm³/mol. The van der Waals surface area contributed by atoms with Gasteiger partial charge >= 0.3 is 0 Å². The van der Waals surface area contributed by atoms with E-state index in [0.29, 0.717) is 17.8 Å². The summed E-state index contributed by atoms with van der Waals surface area (Å²) in [6.45, 7) is 8.26. The highest BCUT2D eigenvalue weighted by molar-refractivity contribution is 5.75. The Morgan fingerprint density at radius 1 is 1.44 bits per heavy atom. The van der Waals surface area contributed by atoms with Crippen LogP contribution < -0.4 is 10.6 Å². The third kappa shape index (κ3) is 3.69. The summed E-state index contributed by atoms with van der Waals surface area (Å²) in [7, 11) is 1.73. The maximum atomic E-state index is 11.4. The van der Waals surface area contributed by atoms with Crippen molar-refractivity contribution in [3.63, 3.8) is 0 Å². The Morgan fingerprint density at radius 2 is 2.17 bits per heavy atom. The maximum absolute atomic E-state index is 11.4. The largest absolute Gasteiger partial charge is 0.359 e. The van der Waals surface area contributed by atoms with Gasteiger partial charge in [-0.05, 0) is 50.2 Å². The van der Waals surface area contributed by atoms with E-state index in [1.165, 1.54) is 32.4 Å². The quantitative estimate of drug-likeness (QED) is 0.780. The Kier molecular flexibility index (Phi) is 4.62. The Bertz CT molecular complexity index is 279. The highest BCUT2D eigenvalue weighted by Gasteiger charge is 2.32. The van der Waals surface area contributed by atoms with Crippen LogP contribution in [-0.4, -0.2) is 50.6 Å². The number of amides is 1. The molecule has 0 spiro atoms. The first kappa shape index (κ1) is 13.8. The van der Waals surface area contributed by atoms with Gasteiger partial charge in [0.25, 0.3) is 0 Å². The third-order valence-electron chi connectivity index (χ3n) is 4.52. The molecule has 2 saturated heterocycles. The molecule has 2 aliphatic rings. The van der Waals surface area contributed by atoms with Gasteiger partial charge in [-0.3, -0.25) is 4.79 Å². The molecule has 2 heterocycles. The smallest absolute Gasteiger partial charge is 0.220 e. The van der Waals surface area contributed by atoms with Crippen LogP contribution in [0.4, 0.5) is 0 Å². The lowest BCUT2D eigenvalue weighted by Gasteiger charge is -2.36.